The zero-order valence-corrected chi connectivity index (χ0v) is 14.7. The SMILES string of the molecule is C[B]n1c(=CC=C2C=Nc3ccc(F)cc32)cc(C)c1=Cc1ccc[nH]1. The number of hydrogen-bond acceptors (Lipinski definition) is 1. The molecule has 26 heavy (non-hydrogen) atoms. The van der Waals surface area contributed by atoms with Crippen molar-refractivity contribution in [3.05, 3.63) is 82.0 Å². The standard InChI is InChI=1S/C21H18BFN3/c1-14-10-18(26(22-2)21(14)12-17-4-3-9-24-17)7-5-15-13-25-20-8-6-16(23)11-19(15)20/h3-13,24H,1-2H3. The van der Waals surface area contributed by atoms with Gasteiger partial charge in [0.1, 0.15) is 5.82 Å². The molecule has 0 fully saturated rings. The van der Waals surface area contributed by atoms with Gasteiger partial charge >= 0.3 is 0 Å². The monoisotopic (exact) mass is 342 g/mol. The first-order valence-electron chi connectivity index (χ1n) is 8.54. The number of halogens is 1. The molecular weight excluding hydrogens is 324 g/mol. The van der Waals surface area contributed by atoms with Crippen molar-refractivity contribution in [3.8, 4) is 0 Å². The molecule has 1 aromatic carbocycles. The van der Waals surface area contributed by atoms with E-state index in [4.69, 9.17) is 0 Å². The van der Waals surface area contributed by atoms with E-state index in [0.29, 0.717) is 0 Å². The van der Waals surface area contributed by atoms with Gasteiger partial charge in [0.25, 0.3) is 0 Å². The molecule has 2 aromatic heterocycles. The van der Waals surface area contributed by atoms with Crippen LogP contribution in [-0.2, 0) is 0 Å². The van der Waals surface area contributed by atoms with Crippen LogP contribution >= 0.6 is 0 Å². The molecule has 1 N–H and O–H groups in total. The third-order valence-electron chi connectivity index (χ3n) is 4.52. The number of aromatic amines is 1. The Hall–Kier alpha value is -3.08. The van der Waals surface area contributed by atoms with Crippen LogP contribution in [-0.4, -0.2) is 23.1 Å². The lowest BCUT2D eigenvalue weighted by Gasteiger charge is -2.00. The quantitative estimate of drug-likeness (QED) is 0.710. The maximum absolute atomic E-state index is 13.5. The third kappa shape index (κ3) is 2.97. The van der Waals surface area contributed by atoms with Crippen LogP contribution in [0.2, 0.25) is 6.82 Å². The number of fused-ring (bicyclic) bond motifs is 1. The van der Waals surface area contributed by atoms with Crippen LogP contribution in [0, 0.1) is 12.7 Å². The van der Waals surface area contributed by atoms with Crippen LogP contribution in [0.1, 0.15) is 16.8 Å². The molecule has 5 heteroatoms. The van der Waals surface area contributed by atoms with Crippen LogP contribution in [0.25, 0.3) is 17.7 Å². The molecule has 1 aliphatic rings. The number of nitrogens with one attached hydrogen (secondary N) is 1. The maximum atomic E-state index is 13.5. The molecule has 0 atom stereocenters. The highest BCUT2D eigenvalue weighted by Crippen LogP contribution is 2.31. The van der Waals surface area contributed by atoms with Crippen molar-refractivity contribution < 1.29 is 4.39 Å². The van der Waals surface area contributed by atoms with Gasteiger partial charge in [-0.25, -0.2) is 4.39 Å². The number of benzene rings is 1. The number of aromatic nitrogens is 2. The molecule has 3 aromatic rings. The van der Waals surface area contributed by atoms with Crippen molar-refractivity contribution in [3.63, 3.8) is 0 Å². The van der Waals surface area contributed by atoms with Gasteiger partial charge in [-0.3, -0.25) is 4.99 Å². The Morgan fingerprint density at radius 2 is 2.08 bits per heavy atom. The molecule has 0 amide bonds. The predicted molar refractivity (Wildman–Crippen MR) is 107 cm³/mol. The summed E-state index contributed by atoms with van der Waals surface area (Å²) in [6.45, 7) is 4.11. The molecule has 1 aliphatic heterocycles. The predicted octanol–water partition coefficient (Wildman–Crippen LogP) is 3.19. The molecule has 0 saturated carbocycles. The molecule has 4 rings (SSSR count). The minimum atomic E-state index is -0.246. The first-order chi connectivity index (χ1) is 12.7. The summed E-state index contributed by atoms with van der Waals surface area (Å²) in [5.74, 6) is -0.246. The molecular formula is C21H18BFN3. The number of aryl methyl sites for hydroxylation is 1. The van der Waals surface area contributed by atoms with Gasteiger partial charge in [-0.05, 0) is 61.0 Å². The van der Waals surface area contributed by atoms with Crippen molar-refractivity contribution in [2.75, 3.05) is 0 Å². The van der Waals surface area contributed by atoms with Crippen LogP contribution in [0.3, 0.4) is 0 Å². The zero-order chi connectivity index (χ0) is 18.1. The average molecular weight is 342 g/mol. The fourth-order valence-corrected chi connectivity index (χ4v) is 3.24. The molecule has 3 heterocycles. The van der Waals surface area contributed by atoms with Gasteiger partial charge in [0, 0.05) is 39.9 Å². The van der Waals surface area contributed by atoms with E-state index in [1.807, 2.05) is 44.7 Å². The van der Waals surface area contributed by atoms with Gasteiger partial charge in [-0.15, -0.1) is 0 Å². The lowest BCUT2D eigenvalue weighted by atomic mass is 9.99. The van der Waals surface area contributed by atoms with E-state index in [1.54, 1.807) is 12.3 Å². The van der Waals surface area contributed by atoms with Crippen LogP contribution in [0.5, 0.6) is 0 Å². The summed E-state index contributed by atoms with van der Waals surface area (Å²) in [5, 5.41) is 2.19. The number of allylic oxidation sites excluding steroid dienone is 2. The Labute approximate surface area is 152 Å². The Balaban J connectivity index is 1.81. The van der Waals surface area contributed by atoms with Gasteiger partial charge in [0.05, 0.1) is 5.69 Å². The average Bonchev–Trinajstić information content (AvgIpc) is 3.34. The van der Waals surface area contributed by atoms with E-state index < -0.39 is 0 Å². The van der Waals surface area contributed by atoms with E-state index in [2.05, 4.69) is 33.5 Å². The summed E-state index contributed by atoms with van der Waals surface area (Å²) in [4.78, 5) is 7.55. The summed E-state index contributed by atoms with van der Waals surface area (Å²) in [6.07, 6.45) is 9.85. The molecule has 3 nitrogen and oxygen atoms in total. The molecule has 0 saturated heterocycles. The second kappa shape index (κ2) is 6.67. The van der Waals surface area contributed by atoms with E-state index in [1.165, 1.54) is 17.7 Å². The summed E-state index contributed by atoms with van der Waals surface area (Å²) >= 11 is 0. The smallest absolute Gasteiger partial charge is 0.249 e. The fraction of sp³-hybridized carbons (Fsp3) is 0.0952. The van der Waals surface area contributed by atoms with E-state index >= 15 is 0 Å². The second-order valence-electron chi connectivity index (χ2n) is 6.24. The normalized spacial score (nSPS) is 15.9. The Bertz CT molecular complexity index is 1130. The molecule has 1 radical (unpaired) electrons. The van der Waals surface area contributed by atoms with Gasteiger partial charge < -0.3 is 9.46 Å². The van der Waals surface area contributed by atoms with Crippen molar-refractivity contribution >= 4 is 37.0 Å². The largest absolute Gasteiger partial charge is 0.391 e. The lowest BCUT2D eigenvalue weighted by molar-refractivity contribution is 0.627. The number of hydrogen-bond donors (Lipinski definition) is 1. The van der Waals surface area contributed by atoms with Crippen LogP contribution < -0.4 is 10.7 Å². The van der Waals surface area contributed by atoms with Gasteiger partial charge in [0.2, 0.25) is 7.41 Å². The van der Waals surface area contributed by atoms with E-state index in [9.17, 15) is 4.39 Å². The summed E-state index contributed by atoms with van der Waals surface area (Å²) in [6, 6.07) is 10.8. The fourth-order valence-electron chi connectivity index (χ4n) is 3.24. The molecule has 0 spiro atoms. The Morgan fingerprint density at radius 1 is 1.19 bits per heavy atom. The van der Waals surface area contributed by atoms with Crippen molar-refractivity contribution in [1.82, 2.24) is 9.46 Å². The van der Waals surface area contributed by atoms with E-state index in [-0.39, 0.29) is 5.82 Å². The number of H-pyrrole nitrogens is 1. The zero-order valence-electron chi connectivity index (χ0n) is 14.7. The minimum Gasteiger partial charge on any atom is -0.391 e. The second-order valence-corrected chi connectivity index (χ2v) is 6.24. The maximum Gasteiger partial charge on any atom is 0.249 e. The van der Waals surface area contributed by atoms with Gasteiger partial charge in [0.15, 0.2) is 0 Å². The number of aliphatic imine (C=N–C) groups is 1. The lowest BCUT2D eigenvalue weighted by Crippen LogP contribution is -2.30. The highest BCUT2D eigenvalue weighted by molar-refractivity contribution is 6.31. The summed E-state index contributed by atoms with van der Waals surface area (Å²) in [7, 11) is 2.04. The van der Waals surface area contributed by atoms with Gasteiger partial charge in [-0.2, -0.15) is 0 Å². The molecule has 0 unspecified atom stereocenters. The van der Waals surface area contributed by atoms with Crippen LogP contribution in [0.15, 0.2) is 53.7 Å². The third-order valence-corrected chi connectivity index (χ3v) is 4.52. The Morgan fingerprint density at radius 3 is 2.85 bits per heavy atom. The van der Waals surface area contributed by atoms with E-state index in [0.717, 1.165) is 33.2 Å². The highest BCUT2D eigenvalue weighted by Gasteiger charge is 2.12. The van der Waals surface area contributed by atoms with Crippen molar-refractivity contribution in [2.24, 2.45) is 4.99 Å². The first kappa shape index (κ1) is 16.4. The van der Waals surface area contributed by atoms with Crippen molar-refractivity contribution in [1.29, 1.82) is 0 Å². The van der Waals surface area contributed by atoms with Crippen molar-refractivity contribution in [2.45, 2.75) is 13.7 Å². The summed E-state index contributed by atoms with van der Waals surface area (Å²) < 4.78 is 15.7. The minimum absolute atomic E-state index is 0.246. The topological polar surface area (TPSA) is 33.1 Å². The molecule has 127 valence electrons. The number of nitrogens with zero attached hydrogens (tertiary/aromatic N) is 2. The molecule has 0 aliphatic carbocycles. The summed E-state index contributed by atoms with van der Waals surface area (Å²) in [5.41, 5.74) is 4.80. The number of rotatable bonds is 3. The first-order valence-corrected chi connectivity index (χ1v) is 8.54. The molecule has 0 bridgehead atoms. The highest BCUT2D eigenvalue weighted by atomic mass is 19.1. The Kier molecular flexibility index (Phi) is 4.21. The van der Waals surface area contributed by atoms with Crippen LogP contribution in [0.4, 0.5) is 10.1 Å². The van der Waals surface area contributed by atoms with Gasteiger partial charge in [-0.1, -0.05) is 12.9 Å².